The van der Waals surface area contributed by atoms with Crippen molar-refractivity contribution in [1.29, 1.82) is 0 Å². The monoisotopic (exact) mass is 373 g/mol. The Kier molecular flexibility index (Phi) is 5.33. The van der Waals surface area contributed by atoms with E-state index in [1.165, 1.54) is 20.8 Å². The highest BCUT2D eigenvalue weighted by Gasteiger charge is 2.41. The molecule has 23 heavy (non-hydrogen) atoms. The van der Waals surface area contributed by atoms with Gasteiger partial charge >= 0.3 is 12.1 Å². The summed E-state index contributed by atoms with van der Waals surface area (Å²) in [6, 6.07) is 0.489. The van der Waals surface area contributed by atoms with Gasteiger partial charge < -0.3 is 9.84 Å². The van der Waals surface area contributed by atoms with Crippen LogP contribution in [0.25, 0.3) is 0 Å². The van der Waals surface area contributed by atoms with Gasteiger partial charge in [-0.1, -0.05) is 23.2 Å². The average molecular weight is 374 g/mol. The zero-order chi connectivity index (χ0) is 18.4. The van der Waals surface area contributed by atoms with Gasteiger partial charge in [0.05, 0.1) is 21.2 Å². The molecule has 9 heteroatoms. The lowest BCUT2D eigenvalue weighted by molar-refractivity contribution is -0.138. The van der Waals surface area contributed by atoms with Gasteiger partial charge in [-0.15, -0.1) is 0 Å². The molecule has 1 rings (SSSR count). The first-order chi connectivity index (χ1) is 10.1. The number of esters is 1. The Balaban J connectivity index is 3.73. The number of ether oxygens (including phenoxy) is 1. The second-order valence-electron chi connectivity index (χ2n) is 6.12. The van der Waals surface area contributed by atoms with Crippen LogP contribution in [0.1, 0.15) is 49.2 Å². The maximum atomic E-state index is 13.2. The van der Waals surface area contributed by atoms with E-state index in [2.05, 4.69) is 0 Å². The first kappa shape index (κ1) is 20.0. The number of halogens is 5. The van der Waals surface area contributed by atoms with Crippen LogP contribution >= 0.6 is 23.2 Å². The second kappa shape index (κ2) is 6.12. The fourth-order valence-corrected chi connectivity index (χ4v) is 2.75. The topological polar surface area (TPSA) is 72.5 Å². The fourth-order valence-electron chi connectivity index (χ4n) is 1.84. The molecule has 0 aromatic heterocycles. The van der Waals surface area contributed by atoms with Crippen LogP contribution in [0.15, 0.2) is 6.07 Å². The molecule has 0 amide bonds. The van der Waals surface area contributed by atoms with Gasteiger partial charge in [-0.2, -0.15) is 13.2 Å². The third-order valence-corrected chi connectivity index (χ3v) is 3.31. The summed E-state index contributed by atoms with van der Waals surface area (Å²) in [6.07, 6.45) is -4.90. The number of alkyl halides is 3. The molecule has 0 spiro atoms. The van der Waals surface area contributed by atoms with Crippen LogP contribution in [0.2, 0.25) is 10.0 Å². The Morgan fingerprint density at radius 2 is 1.70 bits per heavy atom. The Labute approximate surface area is 141 Å². The molecule has 1 aromatic rings. The predicted octanol–water partition coefficient (Wildman–Crippen LogP) is 4.09. The molecule has 0 bridgehead atoms. The number of benzene rings is 1. The summed E-state index contributed by atoms with van der Waals surface area (Å²) < 4.78 is 44.6. The second-order valence-corrected chi connectivity index (χ2v) is 6.90. The Morgan fingerprint density at radius 3 is 2.04 bits per heavy atom. The van der Waals surface area contributed by atoms with E-state index in [4.69, 9.17) is 33.7 Å². The number of hydrogen-bond acceptors (Lipinski definition) is 4. The Hall–Kier alpha value is -1.02. The highest BCUT2D eigenvalue weighted by molar-refractivity contribution is 6.38. The van der Waals surface area contributed by atoms with E-state index in [0.29, 0.717) is 6.07 Å². The molecular formula is C14H16Cl2F3NO3. The van der Waals surface area contributed by atoms with Crippen molar-refractivity contribution in [3.8, 4) is 0 Å². The van der Waals surface area contributed by atoms with Gasteiger partial charge in [0.15, 0.2) is 0 Å². The lowest BCUT2D eigenvalue weighted by Crippen LogP contribution is -2.34. The molecular weight excluding hydrogens is 358 g/mol. The van der Waals surface area contributed by atoms with Crippen LogP contribution in [-0.2, 0) is 16.6 Å². The molecule has 1 atom stereocenters. The SMILES string of the molecule is CC(C)(C)OC(=O)c1c(C(F)(F)F)cc(Cl)c(C(C)(N)O)c1Cl. The van der Waals surface area contributed by atoms with Crippen molar-refractivity contribution in [1.82, 2.24) is 0 Å². The van der Waals surface area contributed by atoms with Gasteiger partial charge in [0.25, 0.3) is 0 Å². The molecule has 0 saturated heterocycles. The zero-order valence-corrected chi connectivity index (χ0v) is 14.3. The van der Waals surface area contributed by atoms with Gasteiger partial charge in [0, 0.05) is 5.56 Å². The number of rotatable bonds is 2. The molecule has 0 saturated carbocycles. The maximum absolute atomic E-state index is 13.2. The standard InChI is InChI=1S/C14H16Cl2F3NO3/c1-12(2,3)23-11(21)8-6(14(17,18)19)5-7(15)9(10(8)16)13(4,20)22/h5,22H,20H2,1-4H3. The van der Waals surface area contributed by atoms with Gasteiger partial charge in [-0.05, 0) is 33.8 Å². The lowest BCUT2D eigenvalue weighted by atomic mass is 9.97. The van der Waals surface area contributed by atoms with Crippen molar-refractivity contribution in [2.45, 2.75) is 45.2 Å². The smallest absolute Gasteiger partial charge is 0.417 e. The molecule has 3 N–H and O–H groups in total. The molecule has 1 unspecified atom stereocenters. The number of aliphatic hydroxyl groups is 1. The molecule has 0 heterocycles. The molecule has 1 aromatic carbocycles. The van der Waals surface area contributed by atoms with E-state index < -0.39 is 50.2 Å². The van der Waals surface area contributed by atoms with Gasteiger partial charge in [-0.3, -0.25) is 5.73 Å². The van der Waals surface area contributed by atoms with Crippen molar-refractivity contribution in [2.24, 2.45) is 5.73 Å². The molecule has 4 nitrogen and oxygen atoms in total. The molecule has 0 aliphatic heterocycles. The number of hydrogen-bond donors (Lipinski definition) is 2. The molecule has 0 aliphatic rings. The minimum absolute atomic E-state index is 0.394. The molecule has 130 valence electrons. The number of carbonyl (C=O) groups excluding carboxylic acids is 1. The first-order valence-corrected chi connectivity index (χ1v) is 7.15. The normalized spacial score (nSPS) is 15.3. The Morgan fingerprint density at radius 1 is 1.22 bits per heavy atom. The third-order valence-electron chi connectivity index (χ3n) is 2.63. The zero-order valence-electron chi connectivity index (χ0n) is 12.8. The number of carbonyl (C=O) groups is 1. The van der Waals surface area contributed by atoms with Gasteiger partial charge in [0.1, 0.15) is 11.3 Å². The summed E-state index contributed by atoms with van der Waals surface area (Å²) in [5, 5.41) is 8.64. The first-order valence-electron chi connectivity index (χ1n) is 6.40. The minimum atomic E-state index is -4.90. The highest BCUT2D eigenvalue weighted by atomic mass is 35.5. The van der Waals surface area contributed by atoms with Gasteiger partial charge in [0.2, 0.25) is 0 Å². The van der Waals surface area contributed by atoms with E-state index in [9.17, 15) is 23.1 Å². The van der Waals surface area contributed by atoms with Crippen molar-refractivity contribution in [2.75, 3.05) is 0 Å². The average Bonchev–Trinajstić information content (AvgIpc) is 2.21. The van der Waals surface area contributed by atoms with Crippen LogP contribution in [-0.4, -0.2) is 16.7 Å². The number of nitrogens with two attached hydrogens (primary N) is 1. The van der Waals surface area contributed by atoms with Crippen molar-refractivity contribution in [3.05, 3.63) is 32.8 Å². The molecule has 0 radical (unpaired) electrons. The summed E-state index contributed by atoms with van der Waals surface area (Å²) in [5.74, 6) is -1.29. The van der Waals surface area contributed by atoms with E-state index in [0.717, 1.165) is 6.92 Å². The van der Waals surface area contributed by atoms with Crippen molar-refractivity contribution >= 4 is 29.2 Å². The third kappa shape index (κ3) is 4.73. The molecule has 0 aliphatic carbocycles. The van der Waals surface area contributed by atoms with Crippen molar-refractivity contribution < 1.29 is 27.8 Å². The summed E-state index contributed by atoms with van der Waals surface area (Å²) in [4.78, 5) is 12.2. The van der Waals surface area contributed by atoms with Crippen LogP contribution in [0.5, 0.6) is 0 Å². The highest BCUT2D eigenvalue weighted by Crippen LogP contribution is 2.42. The van der Waals surface area contributed by atoms with Crippen molar-refractivity contribution in [3.63, 3.8) is 0 Å². The van der Waals surface area contributed by atoms with E-state index in [1.54, 1.807) is 0 Å². The summed E-state index contributed by atoms with van der Waals surface area (Å²) >= 11 is 11.7. The minimum Gasteiger partial charge on any atom is -0.456 e. The fraction of sp³-hybridized carbons (Fsp3) is 0.500. The van der Waals surface area contributed by atoms with Gasteiger partial charge in [-0.25, -0.2) is 4.79 Å². The van der Waals surface area contributed by atoms with Crippen LogP contribution in [0, 0.1) is 0 Å². The van der Waals surface area contributed by atoms with E-state index in [-0.39, 0.29) is 0 Å². The van der Waals surface area contributed by atoms with E-state index >= 15 is 0 Å². The molecule has 0 fully saturated rings. The summed E-state index contributed by atoms with van der Waals surface area (Å²) in [5.41, 5.74) is -0.429. The summed E-state index contributed by atoms with van der Waals surface area (Å²) in [6.45, 7) is 5.54. The summed E-state index contributed by atoms with van der Waals surface area (Å²) in [7, 11) is 0. The quantitative estimate of drug-likeness (QED) is 0.604. The predicted molar refractivity (Wildman–Crippen MR) is 80.4 cm³/mol. The van der Waals surface area contributed by atoms with Crippen LogP contribution in [0.4, 0.5) is 13.2 Å². The Bertz CT molecular complexity index is 632. The maximum Gasteiger partial charge on any atom is 0.417 e. The van der Waals surface area contributed by atoms with E-state index in [1.807, 2.05) is 0 Å². The van der Waals surface area contributed by atoms with Crippen LogP contribution < -0.4 is 5.73 Å². The lowest BCUT2D eigenvalue weighted by Gasteiger charge is -2.26. The van der Waals surface area contributed by atoms with Crippen LogP contribution in [0.3, 0.4) is 0 Å². The largest absolute Gasteiger partial charge is 0.456 e.